The second kappa shape index (κ2) is 4.91. The molecule has 94 valence electrons. The van der Waals surface area contributed by atoms with Crippen molar-refractivity contribution in [3.05, 3.63) is 47.5 Å². The molecule has 0 aliphatic rings. The normalized spacial score (nSPS) is 10.4. The van der Waals surface area contributed by atoms with E-state index in [1.807, 2.05) is 0 Å². The Morgan fingerprint density at radius 2 is 2.00 bits per heavy atom. The highest BCUT2D eigenvalue weighted by Gasteiger charge is 2.15. The van der Waals surface area contributed by atoms with Crippen LogP contribution in [0.4, 0.5) is 8.78 Å². The number of halogens is 2. The van der Waals surface area contributed by atoms with Gasteiger partial charge in [-0.1, -0.05) is 0 Å². The minimum absolute atomic E-state index is 0.0467. The largest absolute Gasteiger partial charge is 0.334 e. The molecule has 0 saturated carbocycles. The number of hydrogen-bond donors (Lipinski definition) is 1. The van der Waals surface area contributed by atoms with Gasteiger partial charge < -0.3 is 4.90 Å². The molecule has 0 unspecified atom stereocenters. The molecule has 0 saturated heterocycles. The standard InChI is InChI=1S/C11H10F2N4O/c1-17(5-10-14-6-15-16-10)11(18)7-2-8(12)4-9(13)3-7/h2-4,6H,5H2,1H3,(H,14,15,16). The number of carbonyl (C=O) groups excluding carboxylic acids is 1. The van der Waals surface area contributed by atoms with E-state index in [4.69, 9.17) is 0 Å². The lowest BCUT2D eigenvalue weighted by Crippen LogP contribution is -2.27. The van der Waals surface area contributed by atoms with Crippen LogP contribution in [0.3, 0.4) is 0 Å². The van der Waals surface area contributed by atoms with Crippen LogP contribution in [0, 0.1) is 11.6 Å². The van der Waals surface area contributed by atoms with Crippen LogP contribution in [-0.2, 0) is 6.54 Å². The fourth-order valence-electron chi connectivity index (χ4n) is 1.50. The van der Waals surface area contributed by atoms with E-state index in [0.29, 0.717) is 11.9 Å². The van der Waals surface area contributed by atoms with Crippen LogP contribution in [-0.4, -0.2) is 33.0 Å². The smallest absolute Gasteiger partial charge is 0.254 e. The number of nitrogens with one attached hydrogen (secondary N) is 1. The SMILES string of the molecule is CN(Cc1ncn[nH]1)C(=O)c1cc(F)cc(F)c1. The molecular weight excluding hydrogens is 242 g/mol. The van der Waals surface area contributed by atoms with Crippen molar-refractivity contribution in [3.8, 4) is 0 Å². The van der Waals surface area contributed by atoms with Crippen LogP contribution in [0.2, 0.25) is 0 Å². The van der Waals surface area contributed by atoms with Gasteiger partial charge in [-0.05, 0) is 12.1 Å². The van der Waals surface area contributed by atoms with Crippen LogP contribution >= 0.6 is 0 Å². The molecule has 5 nitrogen and oxygen atoms in total. The van der Waals surface area contributed by atoms with Gasteiger partial charge in [0.05, 0.1) is 6.54 Å². The van der Waals surface area contributed by atoms with Gasteiger partial charge in [0, 0.05) is 18.7 Å². The van der Waals surface area contributed by atoms with Gasteiger partial charge in [-0.2, -0.15) is 5.10 Å². The van der Waals surface area contributed by atoms with Crippen LogP contribution in [0.15, 0.2) is 24.5 Å². The van der Waals surface area contributed by atoms with E-state index in [9.17, 15) is 13.6 Å². The monoisotopic (exact) mass is 252 g/mol. The minimum atomic E-state index is -0.786. The van der Waals surface area contributed by atoms with Crippen molar-refractivity contribution < 1.29 is 13.6 Å². The average Bonchev–Trinajstić information content (AvgIpc) is 2.79. The molecule has 1 heterocycles. The molecular formula is C11H10F2N4O. The number of carbonyl (C=O) groups is 1. The number of aromatic amines is 1. The maximum atomic E-state index is 13.0. The van der Waals surface area contributed by atoms with Gasteiger partial charge >= 0.3 is 0 Å². The Labute approximate surface area is 101 Å². The number of aromatic nitrogens is 3. The second-order valence-corrected chi connectivity index (χ2v) is 3.75. The third-order valence-corrected chi connectivity index (χ3v) is 2.31. The molecule has 7 heteroatoms. The van der Waals surface area contributed by atoms with Crippen molar-refractivity contribution in [1.82, 2.24) is 20.1 Å². The van der Waals surface area contributed by atoms with Crippen molar-refractivity contribution in [2.75, 3.05) is 7.05 Å². The molecule has 0 bridgehead atoms. The summed E-state index contributed by atoms with van der Waals surface area (Å²) in [6.07, 6.45) is 1.31. The molecule has 0 atom stereocenters. The topological polar surface area (TPSA) is 61.9 Å². The molecule has 1 aromatic carbocycles. The van der Waals surface area contributed by atoms with Crippen molar-refractivity contribution in [2.24, 2.45) is 0 Å². The van der Waals surface area contributed by atoms with E-state index in [0.717, 1.165) is 12.1 Å². The summed E-state index contributed by atoms with van der Waals surface area (Å²) in [6.45, 7) is 0.178. The summed E-state index contributed by atoms with van der Waals surface area (Å²) >= 11 is 0. The predicted octanol–water partition coefficient (Wildman–Crippen LogP) is 1.36. The fourth-order valence-corrected chi connectivity index (χ4v) is 1.50. The molecule has 2 rings (SSSR count). The number of amides is 1. The zero-order valence-corrected chi connectivity index (χ0v) is 9.52. The third kappa shape index (κ3) is 2.68. The van der Waals surface area contributed by atoms with E-state index >= 15 is 0 Å². The molecule has 0 aliphatic carbocycles. The number of benzene rings is 1. The van der Waals surface area contributed by atoms with Gasteiger partial charge in [0.2, 0.25) is 0 Å². The number of rotatable bonds is 3. The molecule has 0 fully saturated rings. The van der Waals surface area contributed by atoms with Gasteiger partial charge in [0.25, 0.3) is 5.91 Å². The Balaban J connectivity index is 2.15. The lowest BCUT2D eigenvalue weighted by molar-refractivity contribution is 0.0780. The van der Waals surface area contributed by atoms with Crippen molar-refractivity contribution in [1.29, 1.82) is 0 Å². The first-order valence-corrected chi connectivity index (χ1v) is 5.12. The summed E-state index contributed by atoms with van der Waals surface area (Å²) in [5.74, 6) is -1.58. The summed E-state index contributed by atoms with van der Waals surface area (Å²) in [4.78, 5) is 17.1. The quantitative estimate of drug-likeness (QED) is 0.897. The summed E-state index contributed by atoms with van der Waals surface area (Å²) in [5, 5.41) is 6.24. The Morgan fingerprint density at radius 3 is 2.56 bits per heavy atom. The molecule has 2 aromatic rings. The van der Waals surface area contributed by atoms with Crippen molar-refractivity contribution in [2.45, 2.75) is 6.54 Å². The zero-order chi connectivity index (χ0) is 13.1. The highest BCUT2D eigenvalue weighted by atomic mass is 19.1. The molecule has 0 radical (unpaired) electrons. The maximum absolute atomic E-state index is 13.0. The third-order valence-electron chi connectivity index (χ3n) is 2.31. The predicted molar refractivity (Wildman–Crippen MR) is 58.5 cm³/mol. The summed E-state index contributed by atoms with van der Waals surface area (Å²) in [6, 6.07) is 2.69. The van der Waals surface area contributed by atoms with Gasteiger partial charge in [-0.15, -0.1) is 0 Å². The first-order chi connectivity index (χ1) is 8.56. The Morgan fingerprint density at radius 1 is 1.33 bits per heavy atom. The van der Waals surface area contributed by atoms with E-state index in [-0.39, 0.29) is 12.1 Å². The average molecular weight is 252 g/mol. The highest BCUT2D eigenvalue weighted by Crippen LogP contribution is 2.11. The minimum Gasteiger partial charge on any atom is -0.334 e. The number of hydrogen-bond acceptors (Lipinski definition) is 3. The van der Waals surface area contributed by atoms with Crippen LogP contribution < -0.4 is 0 Å². The molecule has 1 amide bonds. The molecule has 0 aliphatic heterocycles. The fraction of sp³-hybridized carbons (Fsp3) is 0.182. The lowest BCUT2D eigenvalue weighted by Gasteiger charge is -2.15. The van der Waals surface area contributed by atoms with E-state index in [2.05, 4.69) is 15.2 Å². The molecule has 1 aromatic heterocycles. The van der Waals surface area contributed by atoms with Crippen molar-refractivity contribution in [3.63, 3.8) is 0 Å². The number of H-pyrrole nitrogens is 1. The lowest BCUT2D eigenvalue weighted by atomic mass is 10.2. The Kier molecular flexibility index (Phi) is 3.31. The van der Waals surface area contributed by atoms with Crippen LogP contribution in [0.5, 0.6) is 0 Å². The first-order valence-electron chi connectivity index (χ1n) is 5.12. The Bertz CT molecular complexity index is 536. The summed E-state index contributed by atoms with van der Waals surface area (Å²) < 4.78 is 26.0. The Hall–Kier alpha value is -2.31. The van der Waals surface area contributed by atoms with Gasteiger partial charge in [-0.25, -0.2) is 13.8 Å². The highest BCUT2D eigenvalue weighted by molar-refractivity contribution is 5.94. The first kappa shape index (κ1) is 12.2. The molecule has 18 heavy (non-hydrogen) atoms. The van der Waals surface area contributed by atoms with E-state index < -0.39 is 17.5 Å². The number of nitrogens with zero attached hydrogens (tertiary/aromatic N) is 3. The van der Waals surface area contributed by atoms with E-state index in [1.165, 1.54) is 18.3 Å². The summed E-state index contributed by atoms with van der Waals surface area (Å²) in [5.41, 5.74) is -0.0467. The van der Waals surface area contributed by atoms with Crippen LogP contribution in [0.1, 0.15) is 16.2 Å². The van der Waals surface area contributed by atoms with Gasteiger partial charge in [0.1, 0.15) is 23.8 Å². The zero-order valence-electron chi connectivity index (χ0n) is 9.52. The van der Waals surface area contributed by atoms with Crippen LogP contribution in [0.25, 0.3) is 0 Å². The molecule has 1 N–H and O–H groups in total. The second-order valence-electron chi connectivity index (χ2n) is 3.75. The summed E-state index contributed by atoms with van der Waals surface area (Å²) in [7, 11) is 1.51. The molecule has 0 spiro atoms. The van der Waals surface area contributed by atoms with Gasteiger partial charge in [-0.3, -0.25) is 9.89 Å². The maximum Gasteiger partial charge on any atom is 0.254 e. The van der Waals surface area contributed by atoms with E-state index in [1.54, 1.807) is 0 Å². The van der Waals surface area contributed by atoms with Gasteiger partial charge in [0.15, 0.2) is 0 Å². The van der Waals surface area contributed by atoms with Crippen molar-refractivity contribution >= 4 is 5.91 Å².